The molecule has 0 saturated carbocycles. The average molecular weight is 267 g/mol. The Balaban J connectivity index is 2.66. The molecule has 2 unspecified atom stereocenters. The van der Waals surface area contributed by atoms with Crippen molar-refractivity contribution < 1.29 is 9.90 Å². The van der Waals surface area contributed by atoms with Crippen molar-refractivity contribution in [3.8, 4) is 0 Å². The van der Waals surface area contributed by atoms with E-state index in [1.165, 1.54) is 0 Å². The zero-order valence-corrected chi connectivity index (χ0v) is 12.4. The molecule has 5 heteroatoms. The summed E-state index contributed by atoms with van der Waals surface area (Å²) < 4.78 is 0. The van der Waals surface area contributed by atoms with Crippen LogP contribution in [0.5, 0.6) is 0 Å². The van der Waals surface area contributed by atoms with E-state index >= 15 is 0 Å². The fourth-order valence-corrected chi connectivity index (χ4v) is 2.17. The molecule has 0 spiro atoms. The Morgan fingerprint density at radius 1 is 1.37 bits per heavy atom. The summed E-state index contributed by atoms with van der Waals surface area (Å²) >= 11 is 0. The Hall–Kier alpha value is -1.36. The van der Waals surface area contributed by atoms with Gasteiger partial charge in [0.15, 0.2) is 0 Å². The van der Waals surface area contributed by atoms with Gasteiger partial charge in [0.05, 0.1) is 17.4 Å². The molecule has 3 N–H and O–H groups in total. The molecule has 1 aromatic rings. The summed E-state index contributed by atoms with van der Waals surface area (Å²) in [6, 6.07) is 0. The zero-order chi connectivity index (χ0) is 14.6. The van der Waals surface area contributed by atoms with Gasteiger partial charge in [-0.1, -0.05) is 20.8 Å². The smallest absolute Gasteiger partial charge is 0.255 e. The second-order valence-electron chi connectivity index (χ2n) is 5.66. The zero-order valence-electron chi connectivity index (χ0n) is 12.4. The lowest BCUT2D eigenvalue weighted by Crippen LogP contribution is -2.30. The van der Waals surface area contributed by atoms with Gasteiger partial charge in [0.2, 0.25) is 0 Å². The molecule has 0 aliphatic heterocycles. The maximum Gasteiger partial charge on any atom is 0.255 e. The molecular weight excluding hydrogens is 242 g/mol. The summed E-state index contributed by atoms with van der Waals surface area (Å²) in [5.41, 5.74) is 2.25. The van der Waals surface area contributed by atoms with Gasteiger partial charge in [-0.3, -0.25) is 9.89 Å². The van der Waals surface area contributed by atoms with Crippen molar-refractivity contribution in [2.24, 2.45) is 5.92 Å². The fourth-order valence-electron chi connectivity index (χ4n) is 2.17. The highest BCUT2D eigenvalue weighted by atomic mass is 16.3. The first-order chi connectivity index (χ1) is 8.82. The summed E-state index contributed by atoms with van der Waals surface area (Å²) in [7, 11) is 0. The highest BCUT2D eigenvalue weighted by molar-refractivity contribution is 5.96. The number of aliphatic hydroxyl groups is 1. The monoisotopic (exact) mass is 267 g/mol. The van der Waals surface area contributed by atoms with E-state index in [1.54, 1.807) is 6.92 Å². The average Bonchev–Trinajstić information content (AvgIpc) is 2.67. The SMILES string of the molecule is Cc1[nH]nc(C(C)C)c1C(=O)NCC(C)CC(C)O. The van der Waals surface area contributed by atoms with E-state index in [-0.39, 0.29) is 23.8 Å². The third-order valence-corrected chi connectivity index (χ3v) is 3.10. The first-order valence-electron chi connectivity index (χ1n) is 6.84. The minimum absolute atomic E-state index is 0.0904. The molecule has 0 radical (unpaired) electrons. The lowest BCUT2D eigenvalue weighted by molar-refractivity contribution is 0.0937. The lowest BCUT2D eigenvalue weighted by atomic mass is 10.0. The van der Waals surface area contributed by atoms with E-state index in [0.29, 0.717) is 18.5 Å². The van der Waals surface area contributed by atoms with Crippen LogP contribution in [0.2, 0.25) is 0 Å². The maximum atomic E-state index is 12.2. The van der Waals surface area contributed by atoms with E-state index < -0.39 is 0 Å². The highest BCUT2D eigenvalue weighted by Gasteiger charge is 2.20. The Bertz CT molecular complexity index is 424. The molecule has 1 rings (SSSR count). The highest BCUT2D eigenvalue weighted by Crippen LogP contribution is 2.19. The largest absolute Gasteiger partial charge is 0.393 e. The molecule has 1 amide bonds. The van der Waals surface area contributed by atoms with Gasteiger partial charge in [-0.05, 0) is 32.1 Å². The second-order valence-corrected chi connectivity index (χ2v) is 5.66. The van der Waals surface area contributed by atoms with Crippen LogP contribution in [-0.4, -0.2) is 33.9 Å². The second kappa shape index (κ2) is 6.70. The molecule has 1 aromatic heterocycles. The lowest BCUT2D eigenvalue weighted by Gasteiger charge is -2.14. The van der Waals surface area contributed by atoms with Gasteiger partial charge in [-0.25, -0.2) is 0 Å². The van der Waals surface area contributed by atoms with Gasteiger partial charge in [-0.2, -0.15) is 5.10 Å². The van der Waals surface area contributed by atoms with Crippen molar-refractivity contribution in [2.45, 2.75) is 53.1 Å². The van der Waals surface area contributed by atoms with Crippen molar-refractivity contribution in [1.29, 1.82) is 0 Å². The number of aryl methyl sites for hydroxylation is 1. The number of aromatic amines is 1. The molecule has 108 valence electrons. The standard InChI is InChI=1S/C14H25N3O2/c1-8(2)13-12(11(5)16-17-13)14(19)15-7-9(3)6-10(4)18/h8-10,18H,6-7H2,1-5H3,(H,15,19)(H,16,17). The van der Waals surface area contributed by atoms with Crippen LogP contribution in [0.4, 0.5) is 0 Å². The Morgan fingerprint density at radius 3 is 2.53 bits per heavy atom. The number of carbonyl (C=O) groups is 1. The van der Waals surface area contributed by atoms with Crippen molar-refractivity contribution in [2.75, 3.05) is 6.54 Å². The summed E-state index contributed by atoms with van der Waals surface area (Å²) in [5, 5.41) is 19.3. The number of rotatable bonds is 6. The van der Waals surface area contributed by atoms with Crippen LogP contribution in [0.3, 0.4) is 0 Å². The molecule has 1 heterocycles. The number of amides is 1. The first-order valence-corrected chi connectivity index (χ1v) is 6.84. The van der Waals surface area contributed by atoms with E-state index in [1.807, 2.05) is 27.7 Å². The summed E-state index contributed by atoms with van der Waals surface area (Å²) in [6.45, 7) is 10.2. The molecule has 19 heavy (non-hydrogen) atoms. The molecule has 0 saturated heterocycles. The van der Waals surface area contributed by atoms with Gasteiger partial charge < -0.3 is 10.4 Å². The van der Waals surface area contributed by atoms with E-state index in [2.05, 4.69) is 15.5 Å². The predicted molar refractivity (Wildman–Crippen MR) is 75.2 cm³/mol. The number of nitrogens with zero attached hydrogens (tertiary/aromatic N) is 1. The number of aliphatic hydroxyl groups excluding tert-OH is 1. The summed E-state index contributed by atoms with van der Waals surface area (Å²) in [4.78, 5) is 12.2. The summed E-state index contributed by atoms with van der Waals surface area (Å²) in [6.07, 6.45) is 0.343. The number of H-pyrrole nitrogens is 1. The van der Waals surface area contributed by atoms with Crippen LogP contribution in [0.25, 0.3) is 0 Å². The summed E-state index contributed by atoms with van der Waals surface area (Å²) in [5.74, 6) is 0.367. The minimum Gasteiger partial charge on any atom is -0.393 e. The van der Waals surface area contributed by atoms with Gasteiger partial charge >= 0.3 is 0 Å². The third kappa shape index (κ3) is 4.35. The van der Waals surface area contributed by atoms with Crippen molar-refractivity contribution in [1.82, 2.24) is 15.5 Å². The number of nitrogens with one attached hydrogen (secondary N) is 2. The van der Waals surface area contributed by atoms with Gasteiger partial charge in [0.1, 0.15) is 0 Å². The Morgan fingerprint density at radius 2 is 2.00 bits per heavy atom. The molecule has 5 nitrogen and oxygen atoms in total. The maximum absolute atomic E-state index is 12.2. The van der Waals surface area contributed by atoms with E-state index in [4.69, 9.17) is 0 Å². The quantitative estimate of drug-likeness (QED) is 0.737. The first kappa shape index (κ1) is 15.7. The molecule has 0 fully saturated rings. The normalized spacial score (nSPS) is 14.5. The van der Waals surface area contributed by atoms with Crippen LogP contribution >= 0.6 is 0 Å². The van der Waals surface area contributed by atoms with E-state index in [0.717, 1.165) is 11.4 Å². The Kier molecular flexibility index (Phi) is 5.54. The molecule has 0 bridgehead atoms. The van der Waals surface area contributed by atoms with Crippen LogP contribution in [0.1, 0.15) is 61.8 Å². The van der Waals surface area contributed by atoms with Crippen LogP contribution in [0, 0.1) is 12.8 Å². The van der Waals surface area contributed by atoms with Crippen molar-refractivity contribution in [3.63, 3.8) is 0 Å². The van der Waals surface area contributed by atoms with Gasteiger partial charge in [0.25, 0.3) is 5.91 Å². The van der Waals surface area contributed by atoms with Crippen molar-refractivity contribution in [3.05, 3.63) is 17.0 Å². The molecule has 0 aliphatic carbocycles. The third-order valence-electron chi connectivity index (χ3n) is 3.10. The molecular formula is C14H25N3O2. The van der Waals surface area contributed by atoms with Crippen molar-refractivity contribution >= 4 is 5.91 Å². The Labute approximate surface area is 114 Å². The minimum atomic E-state index is -0.339. The number of carbonyl (C=O) groups excluding carboxylic acids is 1. The molecule has 0 aromatic carbocycles. The van der Waals surface area contributed by atoms with Gasteiger partial charge in [0, 0.05) is 12.2 Å². The predicted octanol–water partition coefficient (Wildman–Crippen LogP) is 1.98. The fraction of sp³-hybridized carbons (Fsp3) is 0.714. The van der Waals surface area contributed by atoms with E-state index in [9.17, 15) is 9.90 Å². The molecule has 2 atom stereocenters. The van der Waals surface area contributed by atoms with Gasteiger partial charge in [-0.15, -0.1) is 0 Å². The van der Waals surface area contributed by atoms with Crippen LogP contribution in [-0.2, 0) is 0 Å². The number of hydrogen-bond donors (Lipinski definition) is 3. The molecule has 0 aliphatic rings. The van der Waals surface area contributed by atoms with Crippen LogP contribution in [0.15, 0.2) is 0 Å². The van der Waals surface area contributed by atoms with Crippen LogP contribution < -0.4 is 5.32 Å². The number of hydrogen-bond acceptors (Lipinski definition) is 3. The number of aromatic nitrogens is 2. The topological polar surface area (TPSA) is 78.0 Å².